The Balaban J connectivity index is 1.48. The van der Waals surface area contributed by atoms with Crippen molar-refractivity contribution in [1.82, 2.24) is 24.8 Å². The first-order valence-electron chi connectivity index (χ1n) is 14.4. The highest BCUT2D eigenvalue weighted by molar-refractivity contribution is 6.16. The molecular weight excluding hydrogens is 548 g/mol. The molecule has 6 rings (SSSR count). The molecule has 1 fully saturated rings. The molecule has 2 aliphatic rings. The van der Waals surface area contributed by atoms with Gasteiger partial charge in [0, 0.05) is 68.5 Å². The molecule has 0 unspecified atom stereocenters. The molecule has 4 aromatic rings. The summed E-state index contributed by atoms with van der Waals surface area (Å²) in [6.07, 6.45) is 1.81. The quantitative estimate of drug-likeness (QED) is 0.305. The lowest BCUT2D eigenvalue weighted by molar-refractivity contribution is 0.101. The summed E-state index contributed by atoms with van der Waals surface area (Å²) in [5.41, 5.74) is 5.28. The van der Waals surface area contributed by atoms with E-state index in [4.69, 9.17) is 14.0 Å². The third-order valence-electron chi connectivity index (χ3n) is 8.24. The maximum atomic E-state index is 13.7. The number of rotatable bonds is 7. The number of hydrogen-bond donors (Lipinski definition) is 2. The van der Waals surface area contributed by atoms with Gasteiger partial charge in [-0.2, -0.15) is 0 Å². The van der Waals surface area contributed by atoms with Crippen molar-refractivity contribution < 1.29 is 23.6 Å². The molecule has 4 heterocycles. The van der Waals surface area contributed by atoms with Crippen LogP contribution >= 0.6 is 0 Å². The van der Waals surface area contributed by atoms with Crippen molar-refractivity contribution in [3.63, 3.8) is 0 Å². The largest absolute Gasteiger partial charge is 0.497 e. The predicted molar refractivity (Wildman–Crippen MR) is 165 cm³/mol. The highest BCUT2D eigenvalue weighted by Gasteiger charge is 2.31. The summed E-state index contributed by atoms with van der Waals surface area (Å²) < 4.78 is 19.7. The Morgan fingerprint density at radius 2 is 1.88 bits per heavy atom. The van der Waals surface area contributed by atoms with Crippen LogP contribution in [0.15, 0.2) is 46.7 Å². The van der Waals surface area contributed by atoms with Crippen molar-refractivity contribution in [1.29, 1.82) is 0 Å². The van der Waals surface area contributed by atoms with Gasteiger partial charge in [0.05, 0.1) is 29.6 Å². The lowest BCUT2D eigenvalue weighted by Gasteiger charge is -2.32. The van der Waals surface area contributed by atoms with Crippen LogP contribution < -0.4 is 20.1 Å². The highest BCUT2D eigenvalue weighted by atomic mass is 16.5. The summed E-state index contributed by atoms with van der Waals surface area (Å²) in [6.45, 7) is 9.55. The van der Waals surface area contributed by atoms with E-state index in [-0.39, 0.29) is 17.6 Å². The zero-order chi connectivity index (χ0) is 30.2. The van der Waals surface area contributed by atoms with Gasteiger partial charge in [0.1, 0.15) is 17.3 Å². The Labute approximate surface area is 250 Å². The van der Waals surface area contributed by atoms with Crippen LogP contribution in [0.3, 0.4) is 0 Å². The van der Waals surface area contributed by atoms with Gasteiger partial charge in [-0.1, -0.05) is 5.16 Å². The number of amides is 2. The fraction of sp³-hybridized carbons (Fsp3) is 0.344. The van der Waals surface area contributed by atoms with E-state index in [1.807, 2.05) is 32.1 Å². The standard InChI is InChI=1S/C32H36N6O5/c1-19-29(20(2)43-35-19)30-24(18-28-31(39)25-16-21(34-32(40)33-3)6-9-27(25)42-28)23-17-22(41-5)7-8-26(23)38(30)15-14-37-12-10-36(4)11-13-37/h6-9,16-18H,10-15H2,1-5H3,(H2,33,34,40). The topological polar surface area (TPSA) is 114 Å². The fourth-order valence-electron chi connectivity index (χ4n) is 5.86. The molecule has 2 N–H and O–H groups in total. The number of fused-ring (bicyclic) bond motifs is 2. The van der Waals surface area contributed by atoms with Gasteiger partial charge < -0.3 is 34.1 Å². The Bertz CT molecular complexity index is 1730. The number of nitrogens with zero attached hydrogens (tertiary/aromatic N) is 4. The summed E-state index contributed by atoms with van der Waals surface area (Å²) >= 11 is 0. The van der Waals surface area contributed by atoms with Gasteiger partial charge in [0.25, 0.3) is 0 Å². The predicted octanol–water partition coefficient (Wildman–Crippen LogP) is 4.54. The maximum absolute atomic E-state index is 13.7. The Hall–Kier alpha value is -4.61. The summed E-state index contributed by atoms with van der Waals surface area (Å²) in [4.78, 5) is 30.3. The van der Waals surface area contributed by atoms with Gasteiger partial charge in [0.15, 0.2) is 5.76 Å². The number of aryl methyl sites for hydroxylation is 2. The van der Waals surface area contributed by atoms with Crippen LogP contribution in [0.1, 0.15) is 27.4 Å². The number of benzene rings is 2. The van der Waals surface area contributed by atoms with Gasteiger partial charge in [-0.15, -0.1) is 0 Å². The molecule has 224 valence electrons. The van der Waals surface area contributed by atoms with Gasteiger partial charge in [-0.25, -0.2) is 4.79 Å². The van der Waals surface area contributed by atoms with Crippen LogP contribution in [0.25, 0.3) is 28.2 Å². The van der Waals surface area contributed by atoms with E-state index in [0.717, 1.165) is 72.7 Å². The zero-order valence-corrected chi connectivity index (χ0v) is 25.1. The van der Waals surface area contributed by atoms with E-state index in [0.29, 0.717) is 28.5 Å². The van der Waals surface area contributed by atoms with Crippen LogP contribution in [0.2, 0.25) is 0 Å². The van der Waals surface area contributed by atoms with E-state index < -0.39 is 0 Å². The van der Waals surface area contributed by atoms with E-state index >= 15 is 0 Å². The molecule has 0 bridgehead atoms. The van der Waals surface area contributed by atoms with Crippen molar-refractivity contribution in [2.24, 2.45) is 0 Å². The third kappa shape index (κ3) is 5.37. The molecule has 2 aliphatic heterocycles. The number of ketones is 1. The van der Waals surface area contributed by atoms with Crippen molar-refractivity contribution in [2.75, 3.05) is 59.2 Å². The molecule has 11 nitrogen and oxygen atoms in total. The number of allylic oxidation sites excluding steroid dienone is 1. The Morgan fingerprint density at radius 1 is 1.09 bits per heavy atom. The van der Waals surface area contributed by atoms with Crippen LogP contribution in [0.5, 0.6) is 11.5 Å². The smallest absolute Gasteiger partial charge is 0.318 e. The minimum absolute atomic E-state index is 0.195. The molecule has 11 heteroatoms. The number of hydrogen-bond acceptors (Lipinski definition) is 8. The molecule has 0 radical (unpaired) electrons. The Morgan fingerprint density at radius 3 is 2.58 bits per heavy atom. The Kier molecular flexibility index (Phi) is 7.68. The number of anilines is 1. The van der Waals surface area contributed by atoms with Crippen LogP contribution in [0, 0.1) is 13.8 Å². The summed E-state index contributed by atoms with van der Waals surface area (Å²) in [6, 6.07) is 10.7. The number of nitrogens with one attached hydrogen (secondary N) is 2. The van der Waals surface area contributed by atoms with Crippen LogP contribution in [0.4, 0.5) is 10.5 Å². The monoisotopic (exact) mass is 584 g/mol. The number of carbonyl (C=O) groups is 2. The van der Waals surface area contributed by atoms with E-state index in [1.165, 1.54) is 7.05 Å². The number of likely N-dealkylation sites (N-methyl/N-ethyl adjacent to an activating group) is 1. The number of aromatic nitrogens is 2. The second kappa shape index (κ2) is 11.6. The molecule has 0 atom stereocenters. The van der Waals surface area contributed by atoms with Crippen molar-refractivity contribution in [3.8, 4) is 22.8 Å². The number of urea groups is 1. The van der Waals surface area contributed by atoms with Gasteiger partial charge in [0.2, 0.25) is 5.78 Å². The SMILES string of the molecule is CNC(=O)Nc1ccc2c(c1)C(=O)C(=Cc1c(-c3c(C)noc3C)n(CCN3CCN(C)CC3)c3ccc(OC)cc13)O2. The molecule has 43 heavy (non-hydrogen) atoms. The average molecular weight is 585 g/mol. The first kappa shape index (κ1) is 28.5. The molecule has 0 aliphatic carbocycles. The van der Waals surface area contributed by atoms with Gasteiger partial charge in [-0.05, 0) is 63.4 Å². The number of piperazine rings is 1. The van der Waals surface area contributed by atoms with Gasteiger partial charge in [-0.3, -0.25) is 9.69 Å². The lowest BCUT2D eigenvalue weighted by Crippen LogP contribution is -2.45. The number of carbonyl (C=O) groups excluding carboxylic acids is 2. The molecular formula is C32H36N6O5. The van der Waals surface area contributed by atoms with Gasteiger partial charge >= 0.3 is 6.03 Å². The first-order valence-corrected chi connectivity index (χ1v) is 14.4. The average Bonchev–Trinajstić information content (AvgIpc) is 3.62. The maximum Gasteiger partial charge on any atom is 0.318 e. The zero-order valence-electron chi connectivity index (χ0n) is 25.1. The van der Waals surface area contributed by atoms with E-state index in [9.17, 15) is 9.59 Å². The number of Topliss-reactive ketones (excluding diaryl/α,β-unsaturated/α-hetero) is 1. The molecule has 1 saturated heterocycles. The molecule has 0 saturated carbocycles. The van der Waals surface area contributed by atoms with Crippen molar-refractivity contribution >= 4 is 34.5 Å². The summed E-state index contributed by atoms with van der Waals surface area (Å²) in [7, 11) is 5.33. The minimum Gasteiger partial charge on any atom is -0.497 e. The highest BCUT2D eigenvalue weighted by Crippen LogP contribution is 2.42. The minimum atomic E-state index is -0.371. The normalized spacial score (nSPS) is 16.5. The lowest BCUT2D eigenvalue weighted by atomic mass is 10.0. The molecule has 0 spiro atoms. The van der Waals surface area contributed by atoms with Crippen molar-refractivity contribution in [2.45, 2.75) is 20.4 Å². The number of ether oxygens (including phenoxy) is 2. The van der Waals surface area contributed by atoms with E-state index in [2.05, 4.69) is 43.3 Å². The second-order valence-electron chi connectivity index (χ2n) is 11.0. The first-order chi connectivity index (χ1) is 20.8. The summed E-state index contributed by atoms with van der Waals surface area (Å²) in [5, 5.41) is 10.4. The third-order valence-corrected chi connectivity index (χ3v) is 8.24. The number of methoxy groups -OCH3 is 1. The van der Waals surface area contributed by atoms with E-state index in [1.54, 1.807) is 25.3 Å². The van der Waals surface area contributed by atoms with Crippen LogP contribution in [-0.2, 0) is 6.54 Å². The van der Waals surface area contributed by atoms with Crippen LogP contribution in [-0.4, -0.2) is 85.3 Å². The molecule has 2 aromatic heterocycles. The molecule has 2 amide bonds. The fourth-order valence-corrected chi connectivity index (χ4v) is 5.86. The molecule has 2 aromatic carbocycles. The van der Waals surface area contributed by atoms with Crippen molar-refractivity contribution in [3.05, 3.63) is 64.7 Å². The summed E-state index contributed by atoms with van der Waals surface area (Å²) in [5.74, 6) is 1.77. The second-order valence-corrected chi connectivity index (χ2v) is 11.0.